The summed E-state index contributed by atoms with van der Waals surface area (Å²) in [6.45, 7) is 2.67. The van der Waals surface area contributed by atoms with Crippen LogP contribution in [0.1, 0.15) is 6.92 Å². The highest BCUT2D eigenvalue weighted by molar-refractivity contribution is 5.72. The van der Waals surface area contributed by atoms with E-state index in [0.29, 0.717) is 23.4 Å². The van der Waals surface area contributed by atoms with Gasteiger partial charge in [0.1, 0.15) is 35.9 Å². The van der Waals surface area contributed by atoms with Crippen LogP contribution in [-0.2, 0) is 13.6 Å². The highest BCUT2D eigenvalue weighted by Crippen LogP contribution is 2.17. The molecule has 3 aromatic rings. The fraction of sp³-hybridized carbons (Fsp3) is 0.353. The summed E-state index contributed by atoms with van der Waals surface area (Å²) in [5.74, 6) is 1.38. The second kappa shape index (κ2) is 7.35. The third kappa shape index (κ3) is 3.80. The summed E-state index contributed by atoms with van der Waals surface area (Å²) in [7, 11) is 1.72. The molecule has 0 saturated carbocycles. The summed E-state index contributed by atoms with van der Waals surface area (Å²) < 4.78 is 13.8. The molecule has 1 unspecified atom stereocenters. The number of nitrogens with zero attached hydrogens (tertiary/aromatic N) is 4. The van der Waals surface area contributed by atoms with Gasteiger partial charge in [-0.25, -0.2) is 4.98 Å². The number of aryl methyl sites for hydroxylation is 1. The molecule has 2 aromatic heterocycles. The van der Waals surface area contributed by atoms with Gasteiger partial charge < -0.3 is 14.6 Å². The van der Waals surface area contributed by atoms with Crippen LogP contribution < -0.4 is 15.0 Å². The van der Waals surface area contributed by atoms with Crippen molar-refractivity contribution in [3.63, 3.8) is 0 Å². The van der Waals surface area contributed by atoms with E-state index in [-0.39, 0.29) is 18.7 Å². The van der Waals surface area contributed by atoms with Crippen molar-refractivity contribution in [1.29, 1.82) is 0 Å². The first kappa shape index (κ1) is 17.0. The molecule has 0 radical (unpaired) electrons. The summed E-state index contributed by atoms with van der Waals surface area (Å²) in [6, 6.07) is 7.15. The number of aliphatic hydroxyl groups is 1. The van der Waals surface area contributed by atoms with Gasteiger partial charge in [0.25, 0.3) is 5.56 Å². The second-order valence-electron chi connectivity index (χ2n) is 5.58. The maximum Gasteiger partial charge on any atom is 0.264 e. The van der Waals surface area contributed by atoms with E-state index in [9.17, 15) is 9.90 Å². The predicted octanol–water partition coefficient (Wildman–Crippen LogP) is 0.969. The lowest BCUT2D eigenvalue weighted by molar-refractivity contribution is 0.0914. The van der Waals surface area contributed by atoms with Crippen molar-refractivity contribution in [3.8, 4) is 11.5 Å². The van der Waals surface area contributed by atoms with Gasteiger partial charge in [-0.15, -0.1) is 0 Å². The van der Waals surface area contributed by atoms with E-state index in [4.69, 9.17) is 9.47 Å². The van der Waals surface area contributed by atoms with Gasteiger partial charge in [0.05, 0.1) is 19.3 Å². The third-order valence-corrected chi connectivity index (χ3v) is 3.70. The summed E-state index contributed by atoms with van der Waals surface area (Å²) in [5, 5.41) is 14.6. The molecule has 0 aliphatic rings. The molecule has 0 saturated heterocycles. The van der Waals surface area contributed by atoms with Crippen molar-refractivity contribution in [1.82, 2.24) is 19.3 Å². The number of fused-ring (bicyclic) bond motifs is 1. The van der Waals surface area contributed by atoms with Gasteiger partial charge in [-0.2, -0.15) is 5.10 Å². The lowest BCUT2D eigenvalue weighted by Crippen LogP contribution is -2.30. The van der Waals surface area contributed by atoms with E-state index in [0.717, 1.165) is 5.75 Å². The molecule has 3 rings (SSSR count). The minimum absolute atomic E-state index is 0.0610. The summed E-state index contributed by atoms with van der Waals surface area (Å²) in [4.78, 5) is 16.6. The number of aliphatic hydroxyl groups excluding tert-OH is 1. The first-order valence-corrected chi connectivity index (χ1v) is 7.99. The molecule has 0 aliphatic carbocycles. The molecule has 0 fully saturated rings. The van der Waals surface area contributed by atoms with Crippen LogP contribution in [0.5, 0.6) is 11.5 Å². The quantitative estimate of drug-likeness (QED) is 0.687. The van der Waals surface area contributed by atoms with Gasteiger partial charge in [-0.05, 0) is 31.2 Å². The number of rotatable bonds is 7. The van der Waals surface area contributed by atoms with Crippen LogP contribution in [0, 0.1) is 0 Å². The molecule has 1 atom stereocenters. The Morgan fingerprint density at radius 2 is 1.88 bits per heavy atom. The van der Waals surface area contributed by atoms with Gasteiger partial charge in [0.15, 0.2) is 5.65 Å². The minimum Gasteiger partial charge on any atom is -0.494 e. The fourth-order valence-electron chi connectivity index (χ4n) is 2.47. The average Bonchev–Trinajstić information content (AvgIpc) is 2.99. The van der Waals surface area contributed by atoms with Gasteiger partial charge in [0, 0.05) is 7.05 Å². The Morgan fingerprint density at radius 3 is 2.56 bits per heavy atom. The topological polar surface area (TPSA) is 91.4 Å². The van der Waals surface area contributed by atoms with Crippen molar-refractivity contribution in [3.05, 3.63) is 47.1 Å². The number of ether oxygens (including phenoxy) is 2. The monoisotopic (exact) mass is 344 g/mol. The molecule has 0 bridgehead atoms. The van der Waals surface area contributed by atoms with Crippen LogP contribution in [-0.4, -0.2) is 43.8 Å². The van der Waals surface area contributed by atoms with Crippen LogP contribution in [0.25, 0.3) is 11.0 Å². The van der Waals surface area contributed by atoms with Crippen molar-refractivity contribution in [2.75, 3.05) is 13.2 Å². The zero-order chi connectivity index (χ0) is 17.8. The Balaban J connectivity index is 1.61. The molecule has 1 aromatic carbocycles. The van der Waals surface area contributed by atoms with Gasteiger partial charge in [-0.3, -0.25) is 14.0 Å². The van der Waals surface area contributed by atoms with Gasteiger partial charge in [0.2, 0.25) is 0 Å². The summed E-state index contributed by atoms with van der Waals surface area (Å²) >= 11 is 0. The first-order valence-electron chi connectivity index (χ1n) is 7.99. The van der Waals surface area contributed by atoms with Crippen LogP contribution in [0.3, 0.4) is 0 Å². The molecular weight excluding hydrogens is 324 g/mol. The van der Waals surface area contributed by atoms with Crippen LogP contribution in [0.2, 0.25) is 0 Å². The zero-order valence-electron chi connectivity index (χ0n) is 14.1. The lowest BCUT2D eigenvalue weighted by atomic mass is 10.3. The van der Waals surface area contributed by atoms with E-state index in [1.165, 1.54) is 21.8 Å². The molecule has 1 N–H and O–H groups in total. The van der Waals surface area contributed by atoms with E-state index >= 15 is 0 Å². The molecule has 0 amide bonds. The van der Waals surface area contributed by atoms with Gasteiger partial charge >= 0.3 is 0 Å². The second-order valence-corrected chi connectivity index (χ2v) is 5.58. The van der Waals surface area contributed by atoms with Crippen LogP contribution in [0.4, 0.5) is 0 Å². The zero-order valence-corrected chi connectivity index (χ0v) is 14.1. The van der Waals surface area contributed by atoms with Crippen molar-refractivity contribution in [2.45, 2.75) is 19.6 Å². The summed E-state index contributed by atoms with van der Waals surface area (Å²) in [6.07, 6.45) is 2.04. The maximum absolute atomic E-state index is 12.4. The predicted molar refractivity (Wildman–Crippen MR) is 91.9 cm³/mol. The Hall–Kier alpha value is -2.87. The smallest absolute Gasteiger partial charge is 0.264 e. The van der Waals surface area contributed by atoms with Crippen molar-refractivity contribution >= 4 is 11.0 Å². The Bertz CT molecular complexity index is 901. The van der Waals surface area contributed by atoms with E-state index in [2.05, 4.69) is 10.1 Å². The van der Waals surface area contributed by atoms with Crippen molar-refractivity contribution in [2.24, 2.45) is 7.05 Å². The largest absolute Gasteiger partial charge is 0.494 e. The average molecular weight is 344 g/mol. The molecule has 8 heteroatoms. The maximum atomic E-state index is 12.4. The van der Waals surface area contributed by atoms with Crippen molar-refractivity contribution < 1.29 is 14.6 Å². The first-order chi connectivity index (χ1) is 12.1. The highest BCUT2D eigenvalue weighted by atomic mass is 16.5. The van der Waals surface area contributed by atoms with E-state index in [1.807, 2.05) is 6.92 Å². The Kier molecular flexibility index (Phi) is 4.99. The minimum atomic E-state index is -0.847. The normalized spacial score (nSPS) is 12.3. The van der Waals surface area contributed by atoms with Gasteiger partial charge in [-0.1, -0.05) is 0 Å². The van der Waals surface area contributed by atoms with E-state index in [1.54, 1.807) is 31.3 Å². The Morgan fingerprint density at radius 1 is 1.20 bits per heavy atom. The molecular formula is C17H20N4O4. The Labute approximate surface area is 144 Å². The number of hydrogen-bond acceptors (Lipinski definition) is 6. The molecule has 25 heavy (non-hydrogen) atoms. The highest BCUT2D eigenvalue weighted by Gasteiger charge is 2.12. The fourth-order valence-corrected chi connectivity index (χ4v) is 2.47. The third-order valence-electron chi connectivity index (χ3n) is 3.70. The van der Waals surface area contributed by atoms with Crippen LogP contribution >= 0.6 is 0 Å². The summed E-state index contributed by atoms with van der Waals surface area (Å²) in [5.41, 5.74) is 0.277. The molecule has 8 nitrogen and oxygen atoms in total. The molecule has 0 spiro atoms. The number of benzene rings is 1. The number of hydrogen-bond donors (Lipinski definition) is 1. The number of aromatic nitrogens is 4. The SMILES string of the molecule is CCOc1ccc(OCC(O)Cn2cnc3c(cnn3C)c2=O)cc1. The molecule has 2 heterocycles. The molecule has 0 aliphatic heterocycles. The van der Waals surface area contributed by atoms with Crippen LogP contribution in [0.15, 0.2) is 41.6 Å². The standard InChI is InChI=1S/C17H20N4O4/c1-3-24-13-4-6-14(7-5-13)25-10-12(22)9-21-11-18-16-15(17(21)23)8-19-20(16)2/h4-8,11-12,22H,3,9-10H2,1-2H3. The van der Waals surface area contributed by atoms with E-state index < -0.39 is 6.10 Å². The molecule has 132 valence electrons. The lowest BCUT2D eigenvalue weighted by Gasteiger charge is -2.14.